The van der Waals surface area contributed by atoms with E-state index in [4.69, 9.17) is 14.2 Å². The summed E-state index contributed by atoms with van der Waals surface area (Å²) in [4.78, 5) is 26.7. The van der Waals surface area contributed by atoms with Gasteiger partial charge in [-0.2, -0.15) is 0 Å². The van der Waals surface area contributed by atoms with E-state index in [1.807, 2.05) is 0 Å². The summed E-state index contributed by atoms with van der Waals surface area (Å²) in [5.74, 6) is -0.316. The number of likely N-dealkylation sites (tertiary alicyclic amines) is 1. The Hall–Kier alpha value is -3.60. The van der Waals surface area contributed by atoms with Gasteiger partial charge in [0.15, 0.2) is 0 Å². The predicted octanol–water partition coefficient (Wildman–Crippen LogP) is 5.32. The van der Waals surface area contributed by atoms with Crippen LogP contribution in [0, 0.1) is 11.7 Å². The fourth-order valence-electron chi connectivity index (χ4n) is 5.24. The number of sulfonamides is 1. The van der Waals surface area contributed by atoms with E-state index in [1.54, 1.807) is 37.8 Å². The molecule has 0 aromatic heterocycles. The molecule has 0 unspecified atom stereocenters. The van der Waals surface area contributed by atoms with Crippen LogP contribution in [-0.4, -0.2) is 57.8 Å². The van der Waals surface area contributed by atoms with E-state index in [9.17, 15) is 22.4 Å². The molecule has 2 aliphatic heterocycles. The number of esters is 1. The maximum atomic E-state index is 14.3. The highest BCUT2D eigenvalue weighted by Crippen LogP contribution is 2.55. The molecule has 11 heteroatoms. The molecular formula is C29H33FN2O7S. The van der Waals surface area contributed by atoms with Gasteiger partial charge in [0.2, 0.25) is 0 Å². The fourth-order valence-corrected chi connectivity index (χ4v) is 6.48. The number of benzene rings is 2. The van der Waals surface area contributed by atoms with Crippen molar-refractivity contribution in [2.75, 3.05) is 31.5 Å². The highest BCUT2D eigenvalue weighted by Gasteiger charge is 2.45. The number of hydrogen-bond donors (Lipinski definition) is 1. The summed E-state index contributed by atoms with van der Waals surface area (Å²) in [6.07, 6.45) is 3.35. The first-order chi connectivity index (χ1) is 18.9. The number of halogens is 1. The standard InChI is InChI=1S/C29H33FN2O7S/c1-29(2,3)39-28(34)32-11-5-6-17(15-32)12-18-13-20(30)7-10-24(18)40(35,36)31-23-9-8-21-22-14-19(22)16-38-26(21)25(23)27(33)37-4/h7-10,12-13,19,22,31H,5-6,11,14-16H2,1-4H3/b17-12+/t19-,22-/m0/s1. The van der Waals surface area contributed by atoms with E-state index >= 15 is 0 Å². The van der Waals surface area contributed by atoms with Gasteiger partial charge in [-0.05, 0) is 81.3 Å². The van der Waals surface area contributed by atoms with Gasteiger partial charge in [-0.3, -0.25) is 4.72 Å². The van der Waals surface area contributed by atoms with Crippen LogP contribution in [0.5, 0.6) is 5.75 Å². The topological polar surface area (TPSA) is 111 Å². The van der Waals surface area contributed by atoms with Gasteiger partial charge in [0.1, 0.15) is 22.7 Å². The van der Waals surface area contributed by atoms with Crippen LogP contribution in [-0.2, 0) is 19.5 Å². The smallest absolute Gasteiger partial charge is 0.410 e. The summed E-state index contributed by atoms with van der Waals surface area (Å²) >= 11 is 0. The summed E-state index contributed by atoms with van der Waals surface area (Å²) in [6, 6.07) is 6.69. The minimum atomic E-state index is -4.29. The lowest BCUT2D eigenvalue weighted by Gasteiger charge is -2.31. The highest BCUT2D eigenvalue weighted by atomic mass is 32.2. The van der Waals surface area contributed by atoms with Crippen molar-refractivity contribution in [2.45, 2.75) is 56.4 Å². The van der Waals surface area contributed by atoms with Gasteiger partial charge in [0.05, 0.1) is 24.3 Å². The number of amides is 1. The van der Waals surface area contributed by atoms with E-state index < -0.39 is 33.5 Å². The molecule has 1 saturated heterocycles. The SMILES string of the molecule is COC(=O)c1c(NS(=O)(=O)c2ccc(F)cc2/C=C2\CCCN(C(=O)OC(C)(C)C)C2)ccc2c1OC[C@@H]1C[C@H]21. The van der Waals surface area contributed by atoms with Crippen LogP contribution in [0.1, 0.15) is 67.4 Å². The van der Waals surface area contributed by atoms with Crippen molar-refractivity contribution < 1.29 is 36.6 Å². The number of methoxy groups -OCH3 is 1. The lowest BCUT2D eigenvalue weighted by Crippen LogP contribution is -2.40. The van der Waals surface area contributed by atoms with Crippen LogP contribution < -0.4 is 9.46 Å². The summed E-state index contributed by atoms with van der Waals surface area (Å²) in [5, 5.41) is 0. The molecule has 1 N–H and O–H groups in total. The largest absolute Gasteiger partial charge is 0.492 e. The first kappa shape index (κ1) is 27.9. The van der Waals surface area contributed by atoms with Crippen LogP contribution in [0.3, 0.4) is 0 Å². The minimum absolute atomic E-state index is 0.0104. The zero-order chi connectivity index (χ0) is 28.8. The van der Waals surface area contributed by atoms with E-state index in [1.165, 1.54) is 19.2 Å². The number of fused-ring (bicyclic) bond motifs is 3. The number of carbonyl (C=O) groups excluding carboxylic acids is 2. The van der Waals surface area contributed by atoms with Crippen LogP contribution in [0.15, 0.2) is 40.8 Å². The number of piperidine rings is 1. The molecule has 2 heterocycles. The van der Waals surface area contributed by atoms with Crippen LogP contribution in [0.25, 0.3) is 6.08 Å². The molecular weight excluding hydrogens is 539 g/mol. The number of nitrogens with zero attached hydrogens (tertiary/aromatic N) is 1. The summed E-state index contributed by atoms with van der Waals surface area (Å²) in [6.45, 7) is 6.53. The molecule has 214 valence electrons. The van der Waals surface area contributed by atoms with Gasteiger partial charge in [-0.15, -0.1) is 0 Å². The minimum Gasteiger partial charge on any atom is -0.492 e. The monoisotopic (exact) mass is 572 g/mol. The zero-order valence-electron chi connectivity index (χ0n) is 23.0. The maximum absolute atomic E-state index is 14.3. The maximum Gasteiger partial charge on any atom is 0.410 e. The van der Waals surface area contributed by atoms with E-state index in [2.05, 4.69) is 4.72 Å². The van der Waals surface area contributed by atoms with Crippen molar-refractivity contribution in [3.63, 3.8) is 0 Å². The van der Waals surface area contributed by atoms with Crippen LogP contribution >= 0.6 is 0 Å². The quantitative estimate of drug-likeness (QED) is 0.483. The average molecular weight is 573 g/mol. The zero-order valence-corrected chi connectivity index (χ0v) is 23.8. The molecule has 3 aliphatic rings. The van der Waals surface area contributed by atoms with Crippen molar-refractivity contribution in [1.82, 2.24) is 4.90 Å². The molecule has 0 bridgehead atoms. The first-order valence-electron chi connectivity index (χ1n) is 13.2. The number of nitrogens with one attached hydrogen (secondary N) is 1. The molecule has 1 saturated carbocycles. The van der Waals surface area contributed by atoms with E-state index in [0.717, 1.165) is 29.7 Å². The molecule has 1 amide bonds. The summed E-state index contributed by atoms with van der Waals surface area (Å²) < 4.78 is 60.5. The van der Waals surface area contributed by atoms with E-state index in [-0.39, 0.29) is 34.2 Å². The molecule has 2 atom stereocenters. The molecule has 2 aromatic rings. The number of carbonyl (C=O) groups is 2. The van der Waals surface area contributed by atoms with Crippen molar-refractivity contribution in [3.05, 3.63) is 58.4 Å². The second kappa shape index (κ2) is 10.4. The lowest BCUT2D eigenvalue weighted by atomic mass is 10.0. The Morgan fingerprint density at radius 1 is 1.20 bits per heavy atom. The second-order valence-electron chi connectivity index (χ2n) is 11.4. The average Bonchev–Trinajstić information content (AvgIpc) is 3.67. The number of anilines is 1. The third kappa shape index (κ3) is 5.79. The molecule has 5 rings (SSSR count). The normalized spacial score (nSPS) is 21.1. The Bertz CT molecular complexity index is 1500. The van der Waals surface area contributed by atoms with Gasteiger partial charge in [0, 0.05) is 19.0 Å². The van der Waals surface area contributed by atoms with E-state index in [0.29, 0.717) is 37.7 Å². The molecule has 40 heavy (non-hydrogen) atoms. The first-order valence-corrected chi connectivity index (χ1v) is 14.7. The Morgan fingerprint density at radius 3 is 2.70 bits per heavy atom. The van der Waals surface area contributed by atoms with Crippen molar-refractivity contribution in [3.8, 4) is 5.75 Å². The van der Waals surface area contributed by atoms with Crippen molar-refractivity contribution >= 4 is 33.8 Å². The van der Waals surface area contributed by atoms with Gasteiger partial charge < -0.3 is 19.1 Å². The molecule has 0 radical (unpaired) electrons. The molecule has 2 aromatic carbocycles. The highest BCUT2D eigenvalue weighted by molar-refractivity contribution is 7.92. The van der Waals surface area contributed by atoms with Crippen LogP contribution in [0.4, 0.5) is 14.9 Å². The molecule has 1 aliphatic carbocycles. The number of hydrogen-bond acceptors (Lipinski definition) is 7. The Labute approximate surface area is 233 Å². The van der Waals surface area contributed by atoms with Gasteiger partial charge in [-0.25, -0.2) is 22.4 Å². The van der Waals surface area contributed by atoms with Gasteiger partial charge in [0.25, 0.3) is 10.0 Å². The number of rotatable bonds is 5. The fraction of sp³-hybridized carbons (Fsp3) is 0.448. The third-order valence-corrected chi connectivity index (χ3v) is 8.62. The van der Waals surface area contributed by atoms with Crippen molar-refractivity contribution in [2.24, 2.45) is 5.92 Å². The third-order valence-electron chi connectivity index (χ3n) is 7.18. The lowest BCUT2D eigenvalue weighted by molar-refractivity contribution is 0.0247. The van der Waals surface area contributed by atoms with Gasteiger partial charge >= 0.3 is 12.1 Å². The molecule has 2 fully saturated rings. The predicted molar refractivity (Wildman–Crippen MR) is 146 cm³/mol. The Balaban J connectivity index is 1.46. The summed E-state index contributed by atoms with van der Waals surface area (Å²) in [5.41, 5.74) is 1.12. The number of ether oxygens (including phenoxy) is 3. The molecule has 9 nitrogen and oxygen atoms in total. The van der Waals surface area contributed by atoms with Crippen molar-refractivity contribution in [1.29, 1.82) is 0 Å². The molecule has 0 spiro atoms. The van der Waals surface area contributed by atoms with Gasteiger partial charge in [-0.1, -0.05) is 17.7 Å². The Morgan fingerprint density at radius 2 is 1.98 bits per heavy atom. The summed E-state index contributed by atoms with van der Waals surface area (Å²) in [7, 11) is -3.07. The Kier molecular flexibility index (Phi) is 7.28. The van der Waals surface area contributed by atoms with Crippen LogP contribution in [0.2, 0.25) is 0 Å². The second-order valence-corrected chi connectivity index (χ2v) is 13.1.